The minimum absolute atomic E-state index is 0.213. The third kappa shape index (κ3) is 3.66. The molecule has 1 aromatic carbocycles. The Hall–Kier alpha value is -2.13. The molecule has 19 heavy (non-hydrogen) atoms. The fraction of sp³-hybridized carbons (Fsp3) is 0.154. The maximum Gasteiger partial charge on any atom is 0.135 e. The lowest BCUT2D eigenvalue weighted by atomic mass is 10.2. The predicted octanol–water partition coefficient (Wildman–Crippen LogP) is 3.23. The topological polar surface area (TPSA) is 73.6 Å². The van der Waals surface area contributed by atoms with Crippen molar-refractivity contribution in [2.24, 2.45) is 0 Å². The second kappa shape index (κ2) is 6.16. The van der Waals surface area contributed by atoms with Crippen molar-refractivity contribution < 1.29 is 0 Å². The lowest BCUT2D eigenvalue weighted by molar-refractivity contribution is 1.14. The van der Waals surface area contributed by atoms with Crippen molar-refractivity contribution in [1.82, 2.24) is 9.97 Å². The van der Waals surface area contributed by atoms with E-state index in [1.165, 1.54) is 11.9 Å². The van der Waals surface area contributed by atoms with Gasteiger partial charge in [-0.2, -0.15) is 5.26 Å². The summed E-state index contributed by atoms with van der Waals surface area (Å²) >= 11 is 3.50. The molecular weight excluding hydrogens is 306 g/mol. The first-order chi connectivity index (χ1) is 9.19. The number of aromatic nitrogens is 2. The Kier molecular flexibility index (Phi) is 4.31. The Morgan fingerprint density at radius 1 is 1.26 bits per heavy atom. The number of nitrogens with zero attached hydrogens (tertiary/aromatic N) is 3. The Labute approximate surface area is 119 Å². The summed E-state index contributed by atoms with van der Waals surface area (Å²) in [5.41, 5.74) is 2.10. The van der Waals surface area contributed by atoms with E-state index < -0.39 is 0 Å². The van der Waals surface area contributed by atoms with E-state index >= 15 is 0 Å². The normalized spacial score (nSPS) is 9.74. The minimum atomic E-state index is 0.213. The number of halogens is 1. The molecule has 0 aliphatic rings. The zero-order valence-corrected chi connectivity index (χ0v) is 11.9. The quantitative estimate of drug-likeness (QED) is 0.847. The molecule has 2 rings (SSSR count). The van der Waals surface area contributed by atoms with Crippen LogP contribution in [0, 0.1) is 18.3 Å². The largest absolute Gasteiger partial charge is 0.357 e. The molecule has 5 nitrogen and oxygen atoms in total. The zero-order valence-electron chi connectivity index (χ0n) is 10.3. The van der Waals surface area contributed by atoms with Gasteiger partial charge in [0.05, 0.1) is 11.8 Å². The van der Waals surface area contributed by atoms with Crippen LogP contribution in [0.25, 0.3) is 0 Å². The van der Waals surface area contributed by atoms with E-state index in [0.717, 1.165) is 10.2 Å². The Balaban J connectivity index is 2.16. The summed E-state index contributed by atoms with van der Waals surface area (Å²) in [5.74, 6) is 1.28. The number of hydrogen-bond acceptors (Lipinski definition) is 5. The number of aryl methyl sites for hydroxylation is 1. The third-order valence-corrected chi connectivity index (χ3v) is 3.06. The molecule has 0 spiro atoms. The molecule has 0 aliphatic carbocycles. The molecule has 0 saturated carbocycles. The minimum Gasteiger partial charge on any atom is -0.357 e. The fourth-order valence-corrected chi connectivity index (χ4v) is 2.10. The molecule has 0 atom stereocenters. The van der Waals surface area contributed by atoms with Crippen molar-refractivity contribution in [1.29, 1.82) is 5.26 Å². The summed E-state index contributed by atoms with van der Waals surface area (Å²) < 4.78 is 0.970. The van der Waals surface area contributed by atoms with Gasteiger partial charge in [0.2, 0.25) is 0 Å². The number of nitriles is 1. The van der Waals surface area contributed by atoms with Gasteiger partial charge >= 0.3 is 0 Å². The monoisotopic (exact) mass is 317 g/mol. The first-order valence-corrected chi connectivity index (χ1v) is 6.44. The van der Waals surface area contributed by atoms with Crippen LogP contribution in [0.15, 0.2) is 35.1 Å². The molecule has 96 valence electrons. The SMILES string of the molecule is Cc1ccc(Nc2cc(NCC#N)ncn2)c(Br)c1. The van der Waals surface area contributed by atoms with E-state index in [0.29, 0.717) is 11.6 Å². The van der Waals surface area contributed by atoms with Gasteiger partial charge in [-0.05, 0) is 40.5 Å². The molecule has 0 fully saturated rings. The lowest BCUT2D eigenvalue weighted by Gasteiger charge is -2.09. The van der Waals surface area contributed by atoms with E-state index in [-0.39, 0.29) is 6.54 Å². The fourth-order valence-electron chi connectivity index (χ4n) is 1.51. The summed E-state index contributed by atoms with van der Waals surface area (Å²) in [6.07, 6.45) is 1.45. The Bertz CT molecular complexity index is 621. The molecule has 1 aromatic heterocycles. The second-order valence-electron chi connectivity index (χ2n) is 3.91. The summed E-state index contributed by atoms with van der Waals surface area (Å²) in [6, 6.07) is 9.77. The number of anilines is 3. The van der Waals surface area contributed by atoms with E-state index in [2.05, 4.69) is 36.5 Å². The van der Waals surface area contributed by atoms with Gasteiger partial charge in [-0.3, -0.25) is 0 Å². The van der Waals surface area contributed by atoms with Crippen molar-refractivity contribution in [2.75, 3.05) is 17.2 Å². The molecule has 0 aliphatic heterocycles. The Morgan fingerprint density at radius 2 is 2.05 bits per heavy atom. The molecular formula is C13H12BrN5. The van der Waals surface area contributed by atoms with Crippen molar-refractivity contribution >= 4 is 33.3 Å². The molecule has 0 saturated heterocycles. The van der Waals surface area contributed by atoms with E-state index in [4.69, 9.17) is 5.26 Å². The van der Waals surface area contributed by atoms with Crippen molar-refractivity contribution in [2.45, 2.75) is 6.92 Å². The summed E-state index contributed by atoms with van der Waals surface area (Å²) in [4.78, 5) is 8.17. The number of hydrogen-bond donors (Lipinski definition) is 2. The molecule has 1 heterocycles. The van der Waals surface area contributed by atoms with Gasteiger partial charge < -0.3 is 10.6 Å². The van der Waals surface area contributed by atoms with Crippen molar-refractivity contribution in [3.05, 3.63) is 40.6 Å². The Morgan fingerprint density at radius 3 is 2.79 bits per heavy atom. The molecule has 0 amide bonds. The highest BCUT2D eigenvalue weighted by Crippen LogP contribution is 2.26. The van der Waals surface area contributed by atoms with Gasteiger partial charge in [-0.25, -0.2) is 9.97 Å². The van der Waals surface area contributed by atoms with Crippen LogP contribution < -0.4 is 10.6 Å². The number of nitrogens with one attached hydrogen (secondary N) is 2. The molecule has 0 radical (unpaired) electrons. The van der Waals surface area contributed by atoms with Crippen LogP contribution in [0.4, 0.5) is 17.3 Å². The van der Waals surface area contributed by atoms with E-state index in [1.807, 2.05) is 31.2 Å². The van der Waals surface area contributed by atoms with Gasteiger partial charge in [0.15, 0.2) is 0 Å². The smallest absolute Gasteiger partial charge is 0.135 e. The van der Waals surface area contributed by atoms with Crippen LogP contribution in [0.5, 0.6) is 0 Å². The van der Waals surface area contributed by atoms with Crippen molar-refractivity contribution in [3.8, 4) is 6.07 Å². The van der Waals surface area contributed by atoms with Crippen LogP contribution in [0.1, 0.15) is 5.56 Å². The predicted molar refractivity (Wildman–Crippen MR) is 78.3 cm³/mol. The highest BCUT2D eigenvalue weighted by atomic mass is 79.9. The summed E-state index contributed by atoms with van der Waals surface area (Å²) in [6.45, 7) is 2.24. The molecule has 2 N–H and O–H groups in total. The molecule has 0 unspecified atom stereocenters. The van der Waals surface area contributed by atoms with Crippen LogP contribution >= 0.6 is 15.9 Å². The van der Waals surface area contributed by atoms with Crippen LogP contribution in [-0.2, 0) is 0 Å². The van der Waals surface area contributed by atoms with Crippen LogP contribution in [0.2, 0.25) is 0 Å². The van der Waals surface area contributed by atoms with E-state index in [1.54, 1.807) is 6.07 Å². The first kappa shape index (κ1) is 13.3. The first-order valence-electron chi connectivity index (χ1n) is 5.65. The average molecular weight is 318 g/mol. The molecule has 2 aromatic rings. The summed E-state index contributed by atoms with van der Waals surface area (Å²) in [7, 11) is 0. The van der Waals surface area contributed by atoms with Crippen molar-refractivity contribution in [3.63, 3.8) is 0 Å². The standard InChI is InChI=1S/C13H12BrN5/c1-9-2-3-11(10(14)6-9)19-13-7-12(16-5-4-15)17-8-18-13/h2-3,6-8H,5H2,1H3,(H2,16,17,18,19). The number of benzene rings is 1. The lowest BCUT2D eigenvalue weighted by Crippen LogP contribution is -2.02. The molecule has 6 heteroatoms. The number of rotatable bonds is 4. The van der Waals surface area contributed by atoms with Crippen LogP contribution in [-0.4, -0.2) is 16.5 Å². The maximum atomic E-state index is 8.52. The van der Waals surface area contributed by atoms with Gasteiger partial charge in [0, 0.05) is 10.5 Å². The van der Waals surface area contributed by atoms with Crippen LogP contribution in [0.3, 0.4) is 0 Å². The van der Waals surface area contributed by atoms with E-state index in [9.17, 15) is 0 Å². The molecule has 0 bridgehead atoms. The summed E-state index contributed by atoms with van der Waals surface area (Å²) in [5, 5.41) is 14.6. The van der Waals surface area contributed by atoms with Gasteiger partial charge in [-0.15, -0.1) is 0 Å². The maximum absolute atomic E-state index is 8.52. The van der Waals surface area contributed by atoms with Gasteiger partial charge in [0.1, 0.15) is 24.5 Å². The average Bonchev–Trinajstić information content (AvgIpc) is 2.40. The highest BCUT2D eigenvalue weighted by Gasteiger charge is 2.03. The highest BCUT2D eigenvalue weighted by molar-refractivity contribution is 9.10. The second-order valence-corrected chi connectivity index (χ2v) is 4.76. The zero-order chi connectivity index (χ0) is 13.7. The third-order valence-electron chi connectivity index (χ3n) is 2.40. The van der Waals surface area contributed by atoms with Gasteiger partial charge in [-0.1, -0.05) is 6.07 Å². The van der Waals surface area contributed by atoms with Gasteiger partial charge in [0.25, 0.3) is 0 Å².